The third-order valence-electron chi connectivity index (χ3n) is 3.09. The first-order valence-corrected chi connectivity index (χ1v) is 8.08. The summed E-state index contributed by atoms with van der Waals surface area (Å²) in [6.45, 7) is 0.972. The molecule has 1 aromatic carbocycles. The number of para-hydroxylation sites is 2. The van der Waals surface area contributed by atoms with E-state index in [1.54, 1.807) is 60.7 Å². The Kier molecular flexibility index (Phi) is 9.73. The van der Waals surface area contributed by atoms with Crippen molar-refractivity contribution in [3.05, 3.63) is 95.1 Å². The average molecular weight is 430 g/mol. The molecule has 0 aliphatic heterocycles. The summed E-state index contributed by atoms with van der Waals surface area (Å²) in [7, 11) is 0. The monoisotopic (exact) mass is 430 g/mol. The number of hydrogen-bond donors (Lipinski definition) is 0. The molecule has 0 aliphatic carbocycles. The van der Waals surface area contributed by atoms with Gasteiger partial charge in [0.2, 0.25) is 0 Å². The number of carbonyl (C=O) groups excluding carboxylic acids is 3. The van der Waals surface area contributed by atoms with E-state index in [2.05, 4.69) is 20.6 Å². The van der Waals surface area contributed by atoms with Crippen LogP contribution in [-0.4, -0.2) is 27.8 Å². The van der Waals surface area contributed by atoms with E-state index in [4.69, 9.17) is 9.90 Å². The number of rotatable bonds is 4. The van der Waals surface area contributed by atoms with Crippen molar-refractivity contribution in [3.63, 3.8) is 0 Å². The quantitative estimate of drug-likeness (QED) is 0.586. The Balaban J connectivity index is 0.000000771. The first kappa shape index (κ1) is 23.5. The number of nitrogens with zero attached hydrogens (tertiary/aromatic N) is 4. The van der Waals surface area contributed by atoms with Crippen molar-refractivity contribution >= 4 is 29.2 Å². The molecule has 3 rings (SSSR count). The van der Waals surface area contributed by atoms with E-state index in [0.717, 1.165) is 6.92 Å². The van der Waals surface area contributed by atoms with Gasteiger partial charge in [0.1, 0.15) is 11.8 Å². The van der Waals surface area contributed by atoms with Crippen LogP contribution in [0.1, 0.15) is 27.9 Å². The van der Waals surface area contributed by atoms with Crippen molar-refractivity contribution in [1.29, 1.82) is 0 Å². The summed E-state index contributed by atoms with van der Waals surface area (Å²) < 4.78 is 0. The predicted molar refractivity (Wildman–Crippen MR) is 100 cm³/mol. The third kappa shape index (κ3) is 7.92. The number of amides is 2. The second-order valence-electron chi connectivity index (χ2n) is 5.24. The summed E-state index contributed by atoms with van der Waals surface area (Å²) in [5.41, 5.74) is 1.06. The van der Waals surface area contributed by atoms with Gasteiger partial charge in [0, 0.05) is 18.4 Å². The van der Waals surface area contributed by atoms with E-state index in [1.165, 1.54) is 12.4 Å². The summed E-state index contributed by atoms with van der Waals surface area (Å²) in [4.78, 5) is 41.1. The van der Waals surface area contributed by atoms with Crippen LogP contribution < -0.4 is 5.11 Å². The van der Waals surface area contributed by atoms with Gasteiger partial charge in [-0.3, -0.25) is 9.97 Å². The minimum Gasteiger partial charge on any atom is -0.622 e. The first-order chi connectivity index (χ1) is 13.5. The van der Waals surface area contributed by atoms with Crippen molar-refractivity contribution in [3.8, 4) is 0 Å². The Morgan fingerprint density at radius 2 is 1.07 bits per heavy atom. The van der Waals surface area contributed by atoms with Gasteiger partial charge < -0.3 is 30.1 Å². The van der Waals surface area contributed by atoms with Gasteiger partial charge in [0.15, 0.2) is 0 Å². The van der Waals surface area contributed by atoms with Crippen LogP contribution in [0, 0.1) is 0 Å². The number of benzene rings is 1. The van der Waals surface area contributed by atoms with Crippen LogP contribution in [0.15, 0.2) is 73.1 Å². The molecule has 2 amide bonds. The second kappa shape index (κ2) is 12.0. The maximum absolute atomic E-state index is 12.2. The summed E-state index contributed by atoms with van der Waals surface area (Å²) in [6, 6.07) is 16.7. The summed E-state index contributed by atoms with van der Waals surface area (Å²) in [6.07, 6.45) is 3.03. The van der Waals surface area contributed by atoms with Crippen LogP contribution in [0.4, 0.5) is 11.4 Å². The number of aromatic nitrogens is 2. The van der Waals surface area contributed by atoms with Gasteiger partial charge in [0.05, 0.1) is 11.4 Å². The van der Waals surface area contributed by atoms with Gasteiger partial charge in [0.25, 0.3) is 0 Å². The molecular weight excluding hydrogens is 415 g/mol. The molecule has 29 heavy (non-hydrogen) atoms. The van der Waals surface area contributed by atoms with Crippen molar-refractivity contribution in [2.75, 3.05) is 0 Å². The smallest absolute Gasteiger partial charge is 0.622 e. The summed E-state index contributed by atoms with van der Waals surface area (Å²) in [5.74, 6) is -2.08. The zero-order chi connectivity index (χ0) is 20.4. The van der Waals surface area contributed by atoms with Gasteiger partial charge in [-0.2, -0.15) is 0 Å². The molecule has 0 saturated heterocycles. The number of carbonyl (C=O) groups is 3. The van der Waals surface area contributed by atoms with Crippen LogP contribution >= 0.6 is 0 Å². The fraction of sp³-hybridized carbons (Fsp3) is 0.0500. The van der Waals surface area contributed by atoms with Crippen LogP contribution in [-0.2, 0) is 21.9 Å². The fourth-order valence-corrected chi connectivity index (χ4v) is 1.97. The molecule has 0 fully saturated rings. The number of hydrogen-bond acceptors (Lipinski definition) is 6. The van der Waals surface area contributed by atoms with Gasteiger partial charge in [-0.05, 0) is 31.2 Å². The van der Waals surface area contributed by atoms with Crippen molar-refractivity contribution in [1.82, 2.24) is 9.97 Å². The van der Waals surface area contributed by atoms with Crippen molar-refractivity contribution in [2.24, 2.45) is 0 Å². The predicted octanol–water partition coefficient (Wildman–Crippen LogP) is 2.92. The zero-order valence-electron chi connectivity index (χ0n) is 15.2. The summed E-state index contributed by atoms with van der Waals surface area (Å²) in [5, 5.41) is 16.9. The van der Waals surface area contributed by atoms with Crippen LogP contribution in [0.3, 0.4) is 0 Å². The van der Waals surface area contributed by atoms with E-state index in [0.29, 0.717) is 11.4 Å². The van der Waals surface area contributed by atoms with E-state index < -0.39 is 17.8 Å². The van der Waals surface area contributed by atoms with Gasteiger partial charge in [-0.1, -0.05) is 36.4 Å². The van der Waals surface area contributed by atoms with Crippen LogP contribution in [0.5, 0.6) is 0 Å². The molecule has 9 heteroatoms. The van der Waals surface area contributed by atoms with Gasteiger partial charge in [-0.25, -0.2) is 0 Å². The number of carboxylic acids is 1. The first-order valence-electron chi connectivity index (χ1n) is 8.08. The van der Waals surface area contributed by atoms with Crippen LogP contribution in [0.25, 0.3) is 10.6 Å². The molecule has 0 radical (unpaired) electrons. The molecule has 0 unspecified atom stereocenters. The molecule has 2 heterocycles. The fourth-order valence-electron chi connectivity index (χ4n) is 1.97. The number of carboxylic acid groups (broad SMARTS) is 1. The average Bonchev–Trinajstić information content (AvgIpc) is 2.70. The van der Waals surface area contributed by atoms with E-state index in [9.17, 15) is 9.59 Å². The normalized spacial score (nSPS) is 9.14. The second-order valence-corrected chi connectivity index (χ2v) is 5.24. The molecule has 0 bridgehead atoms. The Morgan fingerprint density at radius 1 is 0.724 bits per heavy atom. The Labute approximate surface area is 177 Å². The zero-order valence-corrected chi connectivity index (χ0v) is 16.4. The molecule has 0 atom stereocenters. The van der Waals surface area contributed by atoms with E-state index in [-0.39, 0.29) is 28.5 Å². The van der Waals surface area contributed by atoms with Crippen molar-refractivity contribution < 1.29 is 36.6 Å². The standard InChI is InChI=1S/C18H14N4O2.C2H4O2.Mn/c23-17(15-9-3-5-11-19-15)21-13-7-1-2-8-14(13)22-18(24)16-10-4-6-12-20-16;1-2(3)4;/h1-12H,(H2,19,20,21,22,23,24);1H3,(H,3,4);/q;;+3/p-3. The SMILES string of the molecule is CC(=O)[O-].O=C([N-]c1ccccc1[N-]C(=O)c1ccccn1)c1ccccn1.[Mn+3]. The van der Waals surface area contributed by atoms with Crippen LogP contribution in [0.2, 0.25) is 0 Å². The minimum atomic E-state index is -1.08. The minimum absolute atomic E-state index is 0. The molecular formula is C20H15MnN4O4. The number of aliphatic carboxylic acids is 1. The van der Waals surface area contributed by atoms with Crippen molar-refractivity contribution in [2.45, 2.75) is 6.92 Å². The molecule has 0 N–H and O–H groups in total. The Bertz CT molecular complexity index is 876. The Morgan fingerprint density at radius 3 is 1.38 bits per heavy atom. The topological polar surface area (TPSA) is 128 Å². The maximum atomic E-state index is 12.2. The van der Waals surface area contributed by atoms with Gasteiger partial charge >= 0.3 is 17.1 Å². The third-order valence-corrected chi connectivity index (χ3v) is 3.09. The Hall–Kier alpha value is -3.55. The molecule has 146 valence electrons. The number of pyridine rings is 2. The largest absolute Gasteiger partial charge is 3.00 e. The molecule has 8 nitrogen and oxygen atoms in total. The molecule has 0 spiro atoms. The van der Waals surface area contributed by atoms with E-state index in [1.807, 2.05) is 0 Å². The maximum Gasteiger partial charge on any atom is 3.00 e. The molecule has 0 aliphatic rings. The molecule has 2 aromatic heterocycles. The summed E-state index contributed by atoms with van der Waals surface area (Å²) >= 11 is 0. The van der Waals surface area contributed by atoms with E-state index >= 15 is 0 Å². The molecule has 0 saturated carbocycles. The van der Waals surface area contributed by atoms with Gasteiger partial charge in [-0.15, -0.1) is 11.4 Å². The molecule has 3 aromatic rings.